The van der Waals surface area contributed by atoms with Crippen LogP contribution in [0.3, 0.4) is 0 Å². The predicted octanol–water partition coefficient (Wildman–Crippen LogP) is 1.91. The number of benzene rings is 1. The summed E-state index contributed by atoms with van der Waals surface area (Å²) in [6, 6.07) is 9.82. The lowest BCUT2D eigenvalue weighted by Crippen LogP contribution is -2.40. The van der Waals surface area contributed by atoms with Crippen molar-refractivity contribution in [3.63, 3.8) is 0 Å². The van der Waals surface area contributed by atoms with Gasteiger partial charge in [0.2, 0.25) is 0 Å². The molecule has 20 heavy (non-hydrogen) atoms. The highest BCUT2D eigenvalue weighted by atomic mass is 127. The quantitative estimate of drug-likeness (QED) is 0.286. The van der Waals surface area contributed by atoms with E-state index in [2.05, 4.69) is 15.6 Å². The summed E-state index contributed by atoms with van der Waals surface area (Å²) in [5.41, 5.74) is 1.08. The molecule has 1 rings (SSSR count). The number of hydrogen-bond acceptors (Lipinski definition) is 2. The molecule has 1 aromatic rings. The lowest BCUT2D eigenvalue weighted by atomic mass is 10.0. The third-order valence-corrected chi connectivity index (χ3v) is 2.83. The van der Waals surface area contributed by atoms with Crippen LogP contribution in [0.25, 0.3) is 0 Å². The molecule has 0 aliphatic rings. The lowest BCUT2D eigenvalue weighted by Gasteiger charge is -2.17. The van der Waals surface area contributed by atoms with Gasteiger partial charge in [0.1, 0.15) is 0 Å². The van der Waals surface area contributed by atoms with E-state index in [-0.39, 0.29) is 43.2 Å². The second-order valence-electron chi connectivity index (χ2n) is 4.21. The van der Waals surface area contributed by atoms with E-state index in [0.717, 1.165) is 5.56 Å². The summed E-state index contributed by atoms with van der Waals surface area (Å²) in [6.07, 6.45) is 0.461. The van der Waals surface area contributed by atoms with Crippen molar-refractivity contribution in [3.8, 4) is 0 Å². The largest absolute Gasteiger partial charge is 0.396 e. The Morgan fingerprint density at radius 1 is 1.30 bits per heavy atom. The average molecular weight is 395 g/mol. The molecule has 0 heterocycles. The van der Waals surface area contributed by atoms with Crippen LogP contribution in [0.1, 0.15) is 17.9 Å². The van der Waals surface area contributed by atoms with Gasteiger partial charge in [0, 0.05) is 26.1 Å². The predicted molar refractivity (Wildman–Crippen MR) is 91.6 cm³/mol. The van der Waals surface area contributed by atoms with Crippen molar-refractivity contribution in [2.45, 2.75) is 12.3 Å². The average Bonchev–Trinajstić information content (AvgIpc) is 2.47. The van der Waals surface area contributed by atoms with Crippen LogP contribution in [0.15, 0.2) is 35.3 Å². The highest BCUT2D eigenvalue weighted by Crippen LogP contribution is 2.13. The Morgan fingerprint density at radius 3 is 2.55 bits per heavy atom. The SMILES string of the molecule is CN=C(NCCCF)NCC(CO)c1ccccc1.I. The van der Waals surface area contributed by atoms with E-state index in [1.54, 1.807) is 7.05 Å². The normalized spacial score (nSPS) is 12.4. The molecule has 114 valence electrons. The first-order valence-corrected chi connectivity index (χ1v) is 6.48. The van der Waals surface area contributed by atoms with E-state index in [9.17, 15) is 9.50 Å². The van der Waals surface area contributed by atoms with Crippen LogP contribution < -0.4 is 10.6 Å². The zero-order valence-electron chi connectivity index (χ0n) is 11.7. The Kier molecular flexibility index (Phi) is 11.4. The second kappa shape index (κ2) is 11.9. The van der Waals surface area contributed by atoms with Crippen molar-refractivity contribution in [1.29, 1.82) is 0 Å². The summed E-state index contributed by atoms with van der Waals surface area (Å²) < 4.78 is 12.0. The molecule has 0 radical (unpaired) electrons. The first kappa shape index (κ1) is 19.1. The van der Waals surface area contributed by atoms with Gasteiger partial charge in [-0.05, 0) is 12.0 Å². The number of halogens is 2. The van der Waals surface area contributed by atoms with Crippen LogP contribution >= 0.6 is 24.0 Å². The van der Waals surface area contributed by atoms with Gasteiger partial charge in [0.25, 0.3) is 0 Å². The lowest BCUT2D eigenvalue weighted by molar-refractivity contribution is 0.265. The smallest absolute Gasteiger partial charge is 0.191 e. The molecule has 0 saturated carbocycles. The van der Waals surface area contributed by atoms with E-state index in [1.807, 2.05) is 30.3 Å². The molecule has 0 saturated heterocycles. The third kappa shape index (κ3) is 7.04. The molecule has 0 amide bonds. The molecular weight excluding hydrogens is 372 g/mol. The number of aliphatic imine (C=N–C) groups is 1. The third-order valence-electron chi connectivity index (χ3n) is 2.83. The Morgan fingerprint density at radius 2 is 2.00 bits per heavy atom. The summed E-state index contributed by atoms with van der Waals surface area (Å²) in [7, 11) is 1.67. The number of alkyl halides is 1. The zero-order valence-corrected chi connectivity index (χ0v) is 14.0. The minimum absolute atomic E-state index is 0. The minimum Gasteiger partial charge on any atom is -0.396 e. The number of nitrogens with one attached hydrogen (secondary N) is 2. The zero-order chi connectivity index (χ0) is 13.9. The highest BCUT2D eigenvalue weighted by Gasteiger charge is 2.10. The molecule has 0 bridgehead atoms. The topological polar surface area (TPSA) is 56.7 Å². The number of guanidine groups is 1. The number of rotatable bonds is 7. The van der Waals surface area contributed by atoms with Crippen molar-refractivity contribution in [1.82, 2.24) is 10.6 Å². The van der Waals surface area contributed by atoms with Gasteiger partial charge in [-0.15, -0.1) is 24.0 Å². The summed E-state index contributed by atoms with van der Waals surface area (Å²) in [4.78, 5) is 4.05. The van der Waals surface area contributed by atoms with Crippen molar-refractivity contribution in [2.24, 2.45) is 4.99 Å². The number of hydrogen-bond donors (Lipinski definition) is 3. The van der Waals surface area contributed by atoms with E-state index in [1.165, 1.54) is 0 Å². The van der Waals surface area contributed by atoms with Gasteiger partial charge in [-0.25, -0.2) is 0 Å². The van der Waals surface area contributed by atoms with Gasteiger partial charge >= 0.3 is 0 Å². The Hall–Kier alpha value is -0.890. The molecule has 0 fully saturated rings. The maximum Gasteiger partial charge on any atom is 0.191 e. The minimum atomic E-state index is -0.340. The van der Waals surface area contributed by atoms with E-state index in [0.29, 0.717) is 25.5 Å². The molecule has 0 aliphatic heterocycles. The van der Waals surface area contributed by atoms with Crippen molar-refractivity contribution in [2.75, 3.05) is 33.4 Å². The molecule has 0 aromatic heterocycles. The fourth-order valence-electron chi connectivity index (χ4n) is 1.73. The first-order valence-electron chi connectivity index (χ1n) is 6.48. The Bertz CT molecular complexity index is 376. The van der Waals surface area contributed by atoms with Crippen LogP contribution in [-0.4, -0.2) is 44.5 Å². The molecule has 3 N–H and O–H groups in total. The standard InChI is InChI=1S/C14H22FN3O.HI/c1-16-14(17-9-5-8-15)18-10-13(11-19)12-6-3-2-4-7-12;/h2-4,6-7,13,19H,5,8-11H2,1H3,(H2,16,17,18);1H. The van der Waals surface area contributed by atoms with Gasteiger partial charge < -0.3 is 15.7 Å². The van der Waals surface area contributed by atoms with Gasteiger partial charge in [0.05, 0.1) is 13.3 Å². The molecule has 0 spiro atoms. The number of aliphatic hydroxyl groups excluding tert-OH is 1. The van der Waals surface area contributed by atoms with Gasteiger partial charge in [-0.3, -0.25) is 9.38 Å². The monoisotopic (exact) mass is 395 g/mol. The second-order valence-corrected chi connectivity index (χ2v) is 4.21. The summed E-state index contributed by atoms with van der Waals surface area (Å²) in [6.45, 7) is 0.854. The fraction of sp³-hybridized carbons (Fsp3) is 0.500. The molecular formula is C14H23FIN3O. The summed E-state index contributed by atoms with van der Waals surface area (Å²) >= 11 is 0. The molecule has 1 atom stereocenters. The van der Waals surface area contributed by atoms with Gasteiger partial charge in [-0.2, -0.15) is 0 Å². The molecule has 1 aromatic carbocycles. The van der Waals surface area contributed by atoms with E-state index in [4.69, 9.17) is 0 Å². The fourth-order valence-corrected chi connectivity index (χ4v) is 1.73. The van der Waals surface area contributed by atoms with Crippen LogP contribution in [0.4, 0.5) is 4.39 Å². The molecule has 0 aliphatic carbocycles. The first-order chi connectivity index (χ1) is 9.31. The van der Waals surface area contributed by atoms with Crippen molar-refractivity contribution in [3.05, 3.63) is 35.9 Å². The van der Waals surface area contributed by atoms with Crippen LogP contribution in [0, 0.1) is 0 Å². The van der Waals surface area contributed by atoms with Crippen LogP contribution in [-0.2, 0) is 0 Å². The van der Waals surface area contributed by atoms with Crippen molar-refractivity contribution >= 4 is 29.9 Å². The van der Waals surface area contributed by atoms with Crippen molar-refractivity contribution < 1.29 is 9.50 Å². The summed E-state index contributed by atoms with van der Waals surface area (Å²) in [5.74, 6) is 0.642. The van der Waals surface area contributed by atoms with Crippen LogP contribution in [0.5, 0.6) is 0 Å². The highest BCUT2D eigenvalue weighted by molar-refractivity contribution is 14.0. The van der Waals surface area contributed by atoms with Crippen LogP contribution in [0.2, 0.25) is 0 Å². The maximum absolute atomic E-state index is 12.0. The molecule has 6 heteroatoms. The molecule has 4 nitrogen and oxygen atoms in total. The Labute approximate surface area is 136 Å². The van der Waals surface area contributed by atoms with Gasteiger partial charge in [0.15, 0.2) is 5.96 Å². The number of aliphatic hydroxyl groups is 1. The summed E-state index contributed by atoms with van der Waals surface area (Å²) in [5, 5.41) is 15.6. The number of nitrogens with zero attached hydrogens (tertiary/aromatic N) is 1. The molecule has 1 unspecified atom stereocenters. The van der Waals surface area contributed by atoms with Gasteiger partial charge in [-0.1, -0.05) is 30.3 Å². The van der Waals surface area contributed by atoms with E-state index >= 15 is 0 Å². The van der Waals surface area contributed by atoms with E-state index < -0.39 is 0 Å². The Balaban J connectivity index is 0.00000361. The maximum atomic E-state index is 12.0.